The summed E-state index contributed by atoms with van der Waals surface area (Å²) in [5.41, 5.74) is 6.59. The van der Waals surface area contributed by atoms with Crippen molar-refractivity contribution < 1.29 is 20.4 Å². The quantitative estimate of drug-likeness (QED) is 0.552. The molecule has 1 unspecified atom stereocenters. The van der Waals surface area contributed by atoms with Crippen molar-refractivity contribution in [3.63, 3.8) is 0 Å². The van der Waals surface area contributed by atoms with E-state index in [1.165, 1.54) is 28.1 Å². The van der Waals surface area contributed by atoms with Gasteiger partial charge in [0.05, 0.1) is 5.69 Å². The molecular formula is C20H30N2Pd. The topological polar surface area (TPSA) is 17.8 Å². The van der Waals surface area contributed by atoms with Gasteiger partial charge in [0.15, 0.2) is 0 Å². The number of nitrogens with zero attached hydrogens (tertiary/aromatic N) is 2. The molecule has 0 aliphatic rings. The molecule has 0 aliphatic heterocycles. The first kappa shape index (κ1) is 20.1. The standard InChI is InChI=1S/C20H30N2.Pd/c1-8-16(7)19-18(17-11-9-15(6)10-12-17)20(13(2)3)22(21-19)14(4)5;/h9-14,16H,8H2,1-7H3;. The van der Waals surface area contributed by atoms with Gasteiger partial charge in [0.1, 0.15) is 0 Å². The third kappa shape index (κ3) is 4.14. The number of hydrogen-bond acceptors (Lipinski definition) is 1. The van der Waals surface area contributed by atoms with Crippen LogP contribution >= 0.6 is 0 Å². The molecule has 1 aromatic carbocycles. The van der Waals surface area contributed by atoms with Crippen LogP contribution in [0.3, 0.4) is 0 Å². The maximum Gasteiger partial charge on any atom is 0.0734 e. The molecule has 2 aromatic rings. The summed E-state index contributed by atoms with van der Waals surface area (Å²) in [5, 5.41) is 5.02. The van der Waals surface area contributed by atoms with E-state index in [4.69, 9.17) is 5.10 Å². The largest absolute Gasteiger partial charge is 0.266 e. The summed E-state index contributed by atoms with van der Waals surface area (Å²) in [5.74, 6) is 0.942. The molecule has 130 valence electrons. The number of aromatic nitrogens is 2. The first-order chi connectivity index (χ1) is 10.4. The average Bonchev–Trinajstić information content (AvgIpc) is 2.88. The molecule has 0 N–H and O–H groups in total. The molecular weight excluding hydrogens is 375 g/mol. The van der Waals surface area contributed by atoms with E-state index < -0.39 is 0 Å². The fourth-order valence-corrected chi connectivity index (χ4v) is 2.97. The fraction of sp³-hybridized carbons (Fsp3) is 0.550. The van der Waals surface area contributed by atoms with Crippen molar-refractivity contribution in [3.8, 4) is 11.1 Å². The van der Waals surface area contributed by atoms with Crippen molar-refractivity contribution in [1.29, 1.82) is 0 Å². The molecule has 0 amide bonds. The van der Waals surface area contributed by atoms with Gasteiger partial charge in [-0.05, 0) is 38.7 Å². The van der Waals surface area contributed by atoms with Crippen LogP contribution in [0.2, 0.25) is 0 Å². The molecule has 2 rings (SSSR count). The van der Waals surface area contributed by atoms with Crippen LogP contribution in [-0.2, 0) is 20.4 Å². The van der Waals surface area contributed by atoms with Gasteiger partial charge >= 0.3 is 0 Å². The van der Waals surface area contributed by atoms with Crippen molar-refractivity contribution in [3.05, 3.63) is 41.2 Å². The van der Waals surface area contributed by atoms with E-state index in [2.05, 4.69) is 77.4 Å². The van der Waals surface area contributed by atoms with Crippen molar-refractivity contribution in [1.82, 2.24) is 9.78 Å². The van der Waals surface area contributed by atoms with E-state index >= 15 is 0 Å². The zero-order chi connectivity index (χ0) is 16.4. The molecule has 2 nitrogen and oxygen atoms in total. The van der Waals surface area contributed by atoms with Crippen molar-refractivity contribution >= 4 is 0 Å². The van der Waals surface area contributed by atoms with Gasteiger partial charge in [0.25, 0.3) is 0 Å². The van der Waals surface area contributed by atoms with Crippen molar-refractivity contribution in [2.24, 2.45) is 0 Å². The summed E-state index contributed by atoms with van der Waals surface area (Å²) in [6.45, 7) is 15.7. The molecule has 0 saturated carbocycles. The van der Waals surface area contributed by atoms with Crippen LogP contribution in [-0.4, -0.2) is 9.78 Å². The third-order valence-electron chi connectivity index (χ3n) is 4.43. The van der Waals surface area contributed by atoms with E-state index in [0.717, 1.165) is 6.42 Å². The van der Waals surface area contributed by atoms with Gasteiger partial charge in [-0.15, -0.1) is 0 Å². The molecule has 23 heavy (non-hydrogen) atoms. The van der Waals surface area contributed by atoms with Crippen LogP contribution in [0.15, 0.2) is 24.3 Å². The smallest absolute Gasteiger partial charge is 0.0734 e. The van der Waals surface area contributed by atoms with E-state index in [9.17, 15) is 0 Å². The Bertz CT molecular complexity index is 624. The monoisotopic (exact) mass is 404 g/mol. The SMILES string of the molecule is CCC(C)c1nn(C(C)C)c(C(C)C)c1-c1ccc(C)cc1.[Pd]. The Morgan fingerprint density at radius 2 is 1.57 bits per heavy atom. The summed E-state index contributed by atoms with van der Waals surface area (Å²) in [6.07, 6.45) is 1.12. The number of benzene rings is 1. The van der Waals surface area contributed by atoms with E-state index in [-0.39, 0.29) is 20.4 Å². The van der Waals surface area contributed by atoms with Gasteiger partial charge in [0.2, 0.25) is 0 Å². The van der Waals surface area contributed by atoms with Gasteiger partial charge < -0.3 is 0 Å². The Morgan fingerprint density at radius 1 is 1.00 bits per heavy atom. The Kier molecular flexibility index (Phi) is 7.24. The summed E-state index contributed by atoms with van der Waals surface area (Å²) >= 11 is 0. The van der Waals surface area contributed by atoms with Crippen molar-refractivity contribution in [2.45, 2.75) is 72.8 Å². The van der Waals surface area contributed by atoms with Crippen LogP contribution in [0, 0.1) is 6.92 Å². The molecule has 3 heteroatoms. The second-order valence-electron chi connectivity index (χ2n) is 7.01. The molecule has 1 heterocycles. The molecule has 1 aromatic heterocycles. The zero-order valence-electron chi connectivity index (χ0n) is 15.5. The Hall–Kier alpha value is -0.908. The van der Waals surface area contributed by atoms with Gasteiger partial charge in [0, 0.05) is 43.6 Å². The minimum Gasteiger partial charge on any atom is -0.266 e. The number of hydrogen-bond donors (Lipinski definition) is 0. The molecule has 0 spiro atoms. The first-order valence-corrected chi connectivity index (χ1v) is 8.56. The van der Waals surface area contributed by atoms with Crippen molar-refractivity contribution in [2.75, 3.05) is 0 Å². The van der Waals surface area contributed by atoms with Crippen LogP contribution < -0.4 is 0 Å². The van der Waals surface area contributed by atoms with Gasteiger partial charge in [-0.3, -0.25) is 4.68 Å². The Morgan fingerprint density at radius 3 is 2.00 bits per heavy atom. The average molecular weight is 405 g/mol. The summed E-state index contributed by atoms with van der Waals surface area (Å²) in [6, 6.07) is 9.28. The van der Waals surface area contributed by atoms with Gasteiger partial charge in [-0.25, -0.2) is 0 Å². The number of aryl methyl sites for hydroxylation is 1. The van der Waals surface area contributed by atoms with Gasteiger partial charge in [-0.2, -0.15) is 5.10 Å². The first-order valence-electron chi connectivity index (χ1n) is 8.56. The number of rotatable bonds is 5. The summed E-state index contributed by atoms with van der Waals surface area (Å²) < 4.78 is 2.24. The second-order valence-corrected chi connectivity index (χ2v) is 7.01. The minimum atomic E-state index is 0. The fourth-order valence-electron chi connectivity index (χ4n) is 2.97. The summed E-state index contributed by atoms with van der Waals surface area (Å²) in [7, 11) is 0. The maximum atomic E-state index is 5.02. The molecule has 0 bridgehead atoms. The van der Waals surface area contributed by atoms with Crippen LogP contribution in [0.25, 0.3) is 11.1 Å². The second kappa shape index (κ2) is 8.27. The summed E-state index contributed by atoms with van der Waals surface area (Å²) in [4.78, 5) is 0. The Labute approximate surface area is 155 Å². The van der Waals surface area contributed by atoms with Crippen LogP contribution in [0.4, 0.5) is 0 Å². The van der Waals surface area contributed by atoms with Gasteiger partial charge in [-0.1, -0.05) is 57.5 Å². The maximum absolute atomic E-state index is 5.02. The van der Waals surface area contributed by atoms with Crippen LogP contribution in [0.1, 0.15) is 82.8 Å². The van der Waals surface area contributed by atoms with E-state index in [1.807, 2.05) is 0 Å². The van der Waals surface area contributed by atoms with E-state index in [1.54, 1.807) is 0 Å². The Balaban J connectivity index is 0.00000264. The predicted molar refractivity (Wildman–Crippen MR) is 95.6 cm³/mol. The molecule has 0 saturated heterocycles. The zero-order valence-corrected chi connectivity index (χ0v) is 17.0. The molecule has 0 fully saturated rings. The third-order valence-corrected chi connectivity index (χ3v) is 4.43. The molecule has 1 atom stereocenters. The van der Waals surface area contributed by atoms with E-state index in [0.29, 0.717) is 17.9 Å². The predicted octanol–water partition coefficient (Wildman–Crippen LogP) is 6.07. The van der Waals surface area contributed by atoms with Crippen LogP contribution in [0.5, 0.6) is 0 Å². The minimum absolute atomic E-state index is 0. The normalized spacial score (nSPS) is 12.6. The molecule has 0 aliphatic carbocycles. The molecule has 0 radical (unpaired) electrons.